The SMILES string of the molecule is CCOc1ncccc1CC(N)CO.Cl. The van der Waals surface area contributed by atoms with Crippen LogP contribution in [0.3, 0.4) is 0 Å². The van der Waals surface area contributed by atoms with Crippen molar-refractivity contribution >= 4 is 12.4 Å². The number of nitrogens with two attached hydrogens (primary N) is 1. The number of halogens is 1. The standard InChI is InChI=1S/C10H16N2O2.ClH/c1-2-14-10-8(4-3-5-12-10)6-9(11)7-13;/h3-5,9,13H,2,6-7,11H2,1H3;1H. The van der Waals surface area contributed by atoms with Crippen molar-refractivity contribution in [1.82, 2.24) is 4.98 Å². The van der Waals surface area contributed by atoms with Gasteiger partial charge in [0.2, 0.25) is 5.88 Å². The number of pyridine rings is 1. The van der Waals surface area contributed by atoms with Gasteiger partial charge in [0.1, 0.15) is 0 Å². The van der Waals surface area contributed by atoms with Crippen LogP contribution in [0.5, 0.6) is 5.88 Å². The number of hydrogen-bond donors (Lipinski definition) is 2. The summed E-state index contributed by atoms with van der Waals surface area (Å²) in [4.78, 5) is 4.10. The number of aromatic nitrogens is 1. The highest BCUT2D eigenvalue weighted by molar-refractivity contribution is 5.85. The minimum atomic E-state index is -0.251. The zero-order valence-corrected chi connectivity index (χ0v) is 9.54. The van der Waals surface area contributed by atoms with Crippen molar-refractivity contribution in [3.63, 3.8) is 0 Å². The molecule has 0 saturated heterocycles. The fourth-order valence-electron chi connectivity index (χ4n) is 1.19. The summed E-state index contributed by atoms with van der Waals surface area (Å²) in [5.41, 5.74) is 6.58. The van der Waals surface area contributed by atoms with E-state index in [1.807, 2.05) is 19.1 Å². The molecule has 0 aliphatic heterocycles. The molecule has 0 amide bonds. The van der Waals surface area contributed by atoms with Gasteiger partial charge in [-0.05, 0) is 19.4 Å². The predicted molar refractivity (Wildman–Crippen MR) is 61.4 cm³/mol. The summed E-state index contributed by atoms with van der Waals surface area (Å²) < 4.78 is 5.33. The van der Waals surface area contributed by atoms with Gasteiger partial charge < -0.3 is 15.6 Å². The van der Waals surface area contributed by atoms with E-state index in [0.717, 1.165) is 5.56 Å². The quantitative estimate of drug-likeness (QED) is 0.787. The molecule has 4 nitrogen and oxygen atoms in total. The molecule has 0 saturated carbocycles. The molecule has 0 spiro atoms. The van der Waals surface area contributed by atoms with Gasteiger partial charge in [0.25, 0.3) is 0 Å². The van der Waals surface area contributed by atoms with Crippen molar-refractivity contribution < 1.29 is 9.84 Å². The third kappa shape index (κ3) is 4.46. The van der Waals surface area contributed by atoms with Crippen LogP contribution in [0, 0.1) is 0 Å². The van der Waals surface area contributed by atoms with Crippen molar-refractivity contribution in [2.45, 2.75) is 19.4 Å². The van der Waals surface area contributed by atoms with Gasteiger partial charge in [-0.15, -0.1) is 12.4 Å². The molecule has 0 fully saturated rings. The molecule has 0 aliphatic rings. The van der Waals surface area contributed by atoms with Gasteiger partial charge in [0.15, 0.2) is 0 Å². The second-order valence-corrected chi connectivity index (χ2v) is 3.05. The zero-order valence-electron chi connectivity index (χ0n) is 8.72. The molecule has 5 heteroatoms. The second-order valence-electron chi connectivity index (χ2n) is 3.05. The highest BCUT2D eigenvalue weighted by atomic mass is 35.5. The number of aliphatic hydroxyl groups is 1. The molecule has 1 heterocycles. The van der Waals surface area contributed by atoms with Crippen LogP contribution in [0.15, 0.2) is 18.3 Å². The third-order valence-electron chi connectivity index (χ3n) is 1.85. The topological polar surface area (TPSA) is 68.4 Å². The fourth-order valence-corrected chi connectivity index (χ4v) is 1.19. The second kappa shape index (κ2) is 7.45. The average Bonchev–Trinajstić information content (AvgIpc) is 2.21. The highest BCUT2D eigenvalue weighted by Gasteiger charge is 2.08. The Labute approximate surface area is 95.9 Å². The van der Waals surface area contributed by atoms with E-state index in [1.54, 1.807) is 6.20 Å². The van der Waals surface area contributed by atoms with E-state index < -0.39 is 0 Å². The maximum Gasteiger partial charge on any atom is 0.216 e. The molecule has 86 valence electrons. The Morgan fingerprint density at radius 1 is 1.60 bits per heavy atom. The molecule has 15 heavy (non-hydrogen) atoms. The first kappa shape index (κ1) is 14.2. The van der Waals surface area contributed by atoms with E-state index >= 15 is 0 Å². The lowest BCUT2D eigenvalue weighted by molar-refractivity contribution is 0.263. The molecule has 3 N–H and O–H groups in total. The van der Waals surface area contributed by atoms with E-state index in [0.29, 0.717) is 18.9 Å². The molecule has 1 rings (SSSR count). The van der Waals surface area contributed by atoms with E-state index in [9.17, 15) is 0 Å². The van der Waals surface area contributed by atoms with Crippen molar-refractivity contribution in [2.75, 3.05) is 13.2 Å². The predicted octanol–water partition coefficient (Wildman–Crippen LogP) is 0.764. The molecule has 0 bridgehead atoms. The Balaban J connectivity index is 0.00000196. The summed E-state index contributed by atoms with van der Waals surface area (Å²) in [5.74, 6) is 0.610. The van der Waals surface area contributed by atoms with Crippen LogP contribution in [0.4, 0.5) is 0 Å². The summed E-state index contributed by atoms with van der Waals surface area (Å²) in [7, 11) is 0. The molecule has 1 atom stereocenters. The lowest BCUT2D eigenvalue weighted by Gasteiger charge is -2.11. The number of nitrogens with zero attached hydrogens (tertiary/aromatic N) is 1. The molecular formula is C10H17ClN2O2. The first-order valence-electron chi connectivity index (χ1n) is 4.71. The van der Waals surface area contributed by atoms with E-state index in [1.165, 1.54) is 0 Å². The summed E-state index contributed by atoms with van der Waals surface area (Å²) >= 11 is 0. The normalized spacial score (nSPS) is 11.7. The van der Waals surface area contributed by atoms with Crippen molar-refractivity contribution in [3.05, 3.63) is 23.9 Å². The maximum atomic E-state index is 8.83. The summed E-state index contributed by atoms with van der Waals surface area (Å²) in [6, 6.07) is 3.49. The zero-order chi connectivity index (χ0) is 10.4. The van der Waals surface area contributed by atoms with Crippen LogP contribution in [0.2, 0.25) is 0 Å². The molecular weight excluding hydrogens is 216 g/mol. The number of aliphatic hydroxyl groups excluding tert-OH is 1. The van der Waals surface area contributed by atoms with Gasteiger partial charge in [-0.25, -0.2) is 4.98 Å². The van der Waals surface area contributed by atoms with Crippen molar-refractivity contribution in [3.8, 4) is 5.88 Å². The highest BCUT2D eigenvalue weighted by Crippen LogP contribution is 2.15. The van der Waals surface area contributed by atoms with Gasteiger partial charge in [-0.1, -0.05) is 6.07 Å². The Hall–Kier alpha value is -0.840. The monoisotopic (exact) mass is 232 g/mol. The van der Waals surface area contributed by atoms with Crippen LogP contribution in [-0.4, -0.2) is 29.3 Å². The van der Waals surface area contributed by atoms with Crippen molar-refractivity contribution in [1.29, 1.82) is 0 Å². The molecule has 0 radical (unpaired) electrons. The van der Waals surface area contributed by atoms with Gasteiger partial charge in [-0.3, -0.25) is 0 Å². The van der Waals surface area contributed by atoms with Gasteiger partial charge in [-0.2, -0.15) is 0 Å². The minimum absolute atomic E-state index is 0. The molecule has 0 aromatic carbocycles. The Bertz CT molecular complexity index is 284. The van der Waals surface area contributed by atoms with E-state index in [-0.39, 0.29) is 25.1 Å². The van der Waals surface area contributed by atoms with E-state index in [4.69, 9.17) is 15.6 Å². The lowest BCUT2D eigenvalue weighted by atomic mass is 10.1. The first-order valence-corrected chi connectivity index (χ1v) is 4.71. The van der Waals surface area contributed by atoms with Crippen LogP contribution >= 0.6 is 12.4 Å². The third-order valence-corrected chi connectivity index (χ3v) is 1.85. The summed E-state index contributed by atoms with van der Waals surface area (Å²) in [5, 5.41) is 8.83. The minimum Gasteiger partial charge on any atom is -0.478 e. The summed E-state index contributed by atoms with van der Waals surface area (Å²) in [6.45, 7) is 2.46. The van der Waals surface area contributed by atoms with Gasteiger partial charge >= 0.3 is 0 Å². The molecule has 1 unspecified atom stereocenters. The van der Waals surface area contributed by atoms with E-state index in [2.05, 4.69) is 4.98 Å². The number of hydrogen-bond acceptors (Lipinski definition) is 4. The van der Waals surface area contributed by atoms with Crippen LogP contribution < -0.4 is 10.5 Å². The van der Waals surface area contributed by atoms with Crippen LogP contribution in [-0.2, 0) is 6.42 Å². The lowest BCUT2D eigenvalue weighted by Crippen LogP contribution is -2.27. The fraction of sp³-hybridized carbons (Fsp3) is 0.500. The average molecular weight is 233 g/mol. The smallest absolute Gasteiger partial charge is 0.216 e. The largest absolute Gasteiger partial charge is 0.478 e. The summed E-state index contributed by atoms with van der Waals surface area (Å²) in [6.07, 6.45) is 2.26. The van der Waals surface area contributed by atoms with Gasteiger partial charge in [0, 0.05) is 17.8 Å². The molecule has 1 aromatic heterocycles. The Kier molecular flexibility index (Phi) is 7.03. The van der Waals surface area contributed by atoms with Crippen LogP contribution in [0.25, 0.3) is 0 Å². The Morgan fingerprint density at radius 2 is 2.33 bits per heavy atom. The molecule has 1 aromatic rings. The number of ether oxygens (including phenoxy) is 1. The Morgan fingerprint density at radius 3 is 2.93 bits per heavy atom. The van der Waals surface area contributed by atoms with Gasteiger partial charge in [0.05, 0.1) is 13.2 Å². The molecule has 0 aliphatic carbocycles. The maximum absolute atomic E-state index is 8.83. The van der Waals surface area contributed by atoms with Crippen molar-refractivity contribution in [2.24, 2.45) is 5.73 Å². The number of rotatable bonds is 5. The van der Waals surface area contributed by atoms with Crippen LogP contribution in [0.1, 0.15) is 12.5 Å². The first-order chi connectivity index (χ1) is 6.77.